The zero-order chi connectivity index (χ0) is 16.2. The van der Waals surface area contributed by atoms with Crippen molar-refractivity contribution in [3.63, 3.8) is 0 Å². The first-order chi connectivity index (χ1) is 11.1. The van der Waals surface area contributed by atoms with Gasteiger partial charge in [-0.15, -0.1) is 0 Å². The summed E-state index contributed by atoms with van der Waals surface area (Å²) < 4.78 is 0. The molecule has 0 radical (unpaired) electrons. The highest BCUT2D eigenvalue weighted by molar-refractivity contribution is 5.78. The molecule has 1 atom stereocenters. The van der Waals surface area contributed by atoms with E-state index in [2.05, 4.69) is 53.2 Å². The maximum Gasteiger partial charge on any atom is 0.234 e. The van der Waals surface area contributed by atoms with Gasteiger partial charge in [0.15, 0.2) is 0 Å². The van der Waals surface area contributed by atoms with Gasteiger partial charge in [0.1, 0.15) is 0 Å². The number of aryl methyl sites for hydroxylation is 1. The summed E-state index contributed by atoms with van der Waals surface area (Å²) in [5.74, 6) is 0.918. The van der Waals surface area contributed by atoms with Crippen molar-refractivity contribution in [3.05, 3.63) is 35.4 Å². The molecule has 1 saturated carbocycles. The molecule has 3 rings (SSSR count). The minimum Gasteiger partial charge on any atom is -0.352 e. The molecule has 0 aromatic heterocycles. The van der Waals surface area contributed by atoms with Crippen LogP contribution in [0.5, 0.6) is 0 Å². The summed E-state index contributed by atoms with van der Waals surface area (Å²) in [4.78, 5) is 16.9. The first-order valence-corrected chi connectivity index (χ1v) is 8.90. The number of carbonyl (C=O) groups excluding carboxylic acids is 1. The van der Waals surface area contributed by atoms with Gasteiger partial charge in [0.25, 0.3) is 0 Å². The van der Waals surface area contributed by atoms with Crippen LogP contribution in [0.15, 0.2) is 24.3 Å². The Morgan fingerprint density at radius 3 is 2.48 bits per heavy atom. The molecule has 1 aromatic rings. The molecule has 1 aromatic carbocycles. The van der Waals surface area contributed by atoms with Crippen LogP contribution in [-0.2, 0) is 11.3 Å². The van der Waals surface area contributed by atoms with Gasteiger partial charge in [-0.1, -0.05) is 24.3 Å². The number of hydrogen-bond donors (Lipinski definition) is 1. The van der Waals surface area contributed by atoms with Gasteiger partial charge in [-0.2, -0.15) is 0 Å². The first-order valence-electron chi connectivity index (χ1n) is 8.90. The van der Waals surface area contributed by atoms with Crippen LogP contribution in [-0.4, -0.2) is 54.5 Å². The summed E-state index contributed by atoms with van der Waals surface area (Å²) in [5, 5.41) is 3.15. The Kier molecular flexibility index (Phi) is 5.34. The average molecular weight is 315 g/mol. The average Bonchev–Trinajstić information content (AvgIpc) is 3.36. The zero-order valence-corrected chi connectivity index (χ0v) is 14.4. The Balaban J connectivity index is 1.39. The standard InChI is InChI=1S/C19H29N3O/c1-15-5-3-4-6-18(15)13-21-9-11-22(12-10-21)14-19(23)20-16(2)17-7-8-17/h3-6,16-17H,7-14H2,1-2H3,(H,20,23)/t16-/m0/s1. The van der Waals surface area contributed by atoms with Crippen molar-refractivity contribution < 1.29 is 4.79 Å². The molecule has 1 aliphatic carbocycles. The van der Waals surface area contributed by atoms with E-state index in [9.17, 15) is 4.79 Å². The van der Waals surface area contributed by atoms with E-state index in [-0.39, 0.29) is 5.91 Å². The summed E-state index contributed by atoms with van der Waals surface area (Å²) in [6.45, 7) is 9.93. The Bertz CT molecular complexity index is 533. The van der Waals surface area contributed by atoms with Gasteiger partial charge in [-0.25, -0.2) is 0 Å². The largest absolute Gasteiger partial charge is 0.352 e. The van der Waals surface area contributed by atoms with Gasteiger partial charge in [0.05, 0.1) is 6.54 Å². The minimum absolute atomic E-state index is 0.191. The zero-order valence-electron chi connectivity index (χ0n) is 14.4. The van der Waals surface area contributed by atoms with E-state index in [0.717, 1.165) is 38.6 Å². The van der Waals surface area contributed by atoms with Gasteiger partial charge >= 0.3 is 0 Å². The van der Waals surface area contributed by atoms with E-state index in [1.165, 1.54) is 24.0 Å². The van der Waals surface area contributed by atoms with Crippen LogP contribution >= 0.6 is 0 Å². The number of carbonyl (C=O) groups is 1. The normalized spacial score (nSPS) is 21.1. The molecule has 1 aliphatic heterocycles. The maximum absolute atomic E-state index is 12.1. The van der Waals surface area contributed by atoms with Crippen molar-refractivity contribution in [2.45, 2.75) is 39.3 Å². The molecule has 0 bridgehead atoms. The van der Waals surface area contributed by atoms with Crippen molar-refractivity contribution in [1.82, 2.24) is 15.1 Å². The van der Waals surface area contributed by atoms with Crippen molar-refractivity contribution in [1.29, 1.82) is 0 Å². The number of nitrogens with one attached hydrogen (secondary N) is 1. The molecular weight excluding hydrogens is 286 g/mol. The lowest BCUT2D eigenvalue weighted by Gasteiger charge is -2.34. The SMILES string of the molecule is Cc1ccccc1CN1CCN(CC(=O)N[C@@H](C)C2CC2)CC1. The Morgan fingerprint density at radius 2 is 1.83 bits per heavy atom. The molecule has 23 heavy (non-hydrogen) atoms. The molecule has 2 aliphatic rings. The molecule has 1 amide bonds. The van der Waals surface area contributed by atoms with Gasteiger partial charge in [-0.3, -0.25) is 14.6 Å². The summed E-state index contributed by atoms with van der Waals surface area (Å²) in [6, 6.07) is 8.96. The third-order valence-electron chi connectivity index (χ3n) is 5.21. The van der Waals surface area contributed by atoms with Gasteiger partial charge in [0.2, 0.25) is 5.91 Å². The summed E-state index contributed by atoms with van der Waals surface area (Å²) >= 11 is 0. The lowest BCUT2D eigenvalue weighted by Crippen LogP contribution is -2.50. The highest BCUT2D eigenvalue weighted by Gasteiger charge is 2.29. The predicted molar refractivity (Wildman–Crippen MR) is 93.2 cm³/mol. The van der Waals surface area contributed by atoms with E-state index in [1.54, 1.807) is 0 Å². The summed E-state index contributed by atoms with van der Waals surface area (Å²) in [5.41, 5.74) is 2.78. The Hall–Kier alpha value is -1.39. The predicted octanol–water partition coefficient (Wildman–Crippen LogP) is 2.03. The first kappa shape index (κ1) is 16.5. The second-order valence-electron chi connectivity index (χ2n) is 7.17. The second-order valence-corrected chi connectivity index (χ2v) is 7.17. The fourth-order valence-corrected chi connectivity index (χ4v) is 3.35. The van der Waals surface area contributed by atoms with Crippen LogP contribution in [0, 0.1) is 12.8 Å². The van der Waals surface area contributed by atoms with Crippen LogP contribution in [0.25, 0.3) is 0 Å². The van der Waals surface area contributed by atoms with Gasteiger partial charge in [0, 0.05) is 38.8 Å². The maximum atomic E-state index is 12.1. The quantitative estimate of drug-likeness (QED) is 0.872. The van der Waals surface area contributed by atoms with E-state index in [0.29, 0.717) is 12.6 Å². The number of nitrogens with zero attached hydrogens (tertiary/aromatic N) is 2. The van der Waals surface area contributed by atoms with E-state index in [1.807, 2.05) is 0 Å². The molecule has 2 fully saturated rings. The van der Waals surface area contributed by atoms with E-state index >= 15 is 0 Å². The third-order valence-corrected chi connectivity index (χ3v) is 5.21. The van der Waals surface area contributed by atoms with Crippen LogP contribution in [0.2, 0.25) is 0 Å². The minimum atomic E-state index is 0.191. The number of rotatable bonds is 6. The lowest BCUT2D eigenvalue weighted by atomic mass is 10.1. The smallest absolute Gasteiger partial charge is 0.234 e. The number of hydrogen-bond acceptors (Lipinski definition) is 3. The highest BCUT2D eigenvalue weighted by Crippen LogP contribution is 2.32. The molecule has 1 heterocycles. The third kappa shape index (κ3) is 4.79. The lowest BCUT2D eigenvalue weighted by molar-refractivity contribution is -0.123. The van der Waals surface area contributed by atoms with Gasteiger partial charge < -0.3 is 5.32 Å². The summed E-state index contributed by atoms with van der Waals surface area (Å²) in [6.07, 6.45) is 2.55. The molecule has 0 unspecified atom stereocenters. The topological polar surface area (TPSA) is 35.6 Å². The molecule has 1 N–H and O–H groups in total. The summed E-state index contributed by atoms with van der Waals surface area (Å²) in [7, 11) is 0. The second kappa shape index (κ2) is 7.45. The van der Waals surface area contributed by atoms with Crippen LogP contribution < -0.4 is 5.32 Å². The molecular formula is C19H29N3O. The highest BCUT2D eigenvalue weighted by atomic mass is 16.2. The van der Waals surface area contributed by atoms with Crippen LogP contribution in [0.3, 0.4) is 0 Å². The number of piperazine rings is 1. The van der Waals surface area contributed by atoms with Crippen LogP contribution in [0.1, 0.15) is 30.9 Å². The fraction of sp³-hybridized carbons (Fsp3) is 0.632. The fourth-order valence-electron chi connectivity index (χ4n) is 3.35. The number of benzene rings is 1. The molecule has 4 nitrogen and oxygen atoms in total. The van der Waals surface area contributed by atoms with Crippen molar-refractivity contribution >= 4 is 5.91 Å². The van der Waals surface area contributed by atoms with Crippen molar-refractivity contribution in [3.8, 4) is 0 Å². The molecule has 126 valence electrons. The van der Waals surface area contributed by atoms with Gasteiger partial charge in [-0.05, 0) is 43.7 Å². The Labute approximate surface area is 139 Å². The molecule has 4 heteroatoms. The van der Waals surface area contributed by atoms with E-state index in [4.69, 9.17) is 0 Å². The monoisotopic (exact) mass is 315 g/mol. The molecule has 0 spiro atoms. The van der Waals surface area contributed by atoms with Crippen molar-refractivity contribution in [2.24, 2.45) is 5.92 Å². The van der Waals surface area contributed by atoms with Crippen molar-refractivity contribution in [2.75, 3.05) is 32.7 Å². The number of amides is 1. The van der Waals surface area contributed by atoms with E-state index < -0.39 is 0 Å². The van der Waals surface area contributed by atoms with Crippen LogP contribution in [0.4, 0.5) is 0 Å². The molecule has 1 saturated heterocycles. The Morgan fingerprint density at radius 1 is 1.17 bits per heavy atom.